The zero-order chi connectivity index (χ0) is 10.7. The minimum absolute atomic E-state index is 0.199. The fraction of sp³-hybridized carbons (Fsp3) is 0.333. The van der Waals surface area contributed by atoms with Crippen molar-refractivity contribution in [2.45, 2.75) is 12.5 Å². The molecule has 1 atom stereocenters. The summed E-state index contributed by atoms with van der Waals surface area (Å²) in [6.45, 7) is 1.38. The second kappa shape index (κ2) is 4.45. The molecule has 1 aromatic rings. The summed E-state index contributed by atoms with van der Waals surface area (Å²) in [6.07, 6.45) is 1.96. The van der Waals surface area contributed by atoms with Gasteiger partial charge in [-0.25, -0.2) is 0 Å². The van der Waals surface area contributed by atoms with Crippen LogP contribution in [-0.2, 0) is 4.79 Å². The summed E-state index contributed by atoms with van der Waals surface area (Å²) in [6, 6.07) is 9.04. The van der Waals surface area contributed by atoms with Gasteiger partial charge in [0.25, 0.3) is 5.91 Å². The maximum absolute atomic E-state index is 11.8. The maximum Gasteiger partial charge on any atom is 0.256 e. The maximum atomic E-state index is 11.8. The average Bonchev–Trinajstić information content (AvgIpc) is 2.82. The molecule has 0 spiro atoms. The van der Waals surface area contributed by atoms with Gasteiger partial charge < -0.3 is 10.0 Å². The van der Waals surface area contributed by atoms with Crippen LogP contribution in [-0.4, -0.2) is 29.0 Å². The molecular formula is C12H14NO2. The fourth-order valence-electron chi connectivity index (χ4n) is 1.74. The smallest absolute Gasteiger partial charge is 0.256 e. The Morgan fingerprint density at radius 3 is 2.67 bits per heavy atom. The molecule has 1 aliphatic heterocycles. The second-order valence-electron chi connectivity index (χ2n) is 3.67. The zero-order valence-corrected chi connectivity index (χ0v) is 8.47. The molecule has 79 valence electrons. The van der Waals surface area contributed by atoms with Crippen LogP contribution in [0.3, 0.4) is 0 Å². The highest BCUT2D eigenvalue weighted by Gasteiger charge is 2.25. The van der Waals surface area contributed by atoms with Gasteiger partial charge in [0.1, 0.15) is 0 Å². The molecule has 2 rings (SSSR count). The molecule has 0 aliphatic carbocycles. The third kappa shape index (κ3) is 2.18. The Hall–Kier alpha value is -1.35. The number of aliphatic hydroxyl groups excluding tert-OH is 1. The van der Waals surface area contributed by atoms with Crippen molar-refractivity contribution in [3.05, 3.63) is 42.3 Å². The Morgan fingerprint density at radius 1 is 1.33 bits per heavy atom. The second-order valence-corrected chi connectivity index (χ2v) is 3.67. The lowest BCUT2D eigenvalue weighted by molar-refractivity contribution is -0.139. The highest BCUT2D eigenvalue weighted by Crippen LogP contribution is 2.18. The molecule has 0 unspecified atom stereocenters. The lowest BCUT2D eigenvalue weighted by Crippen LogP contribution is -2.32. The first kappa shape index (κ1) is 10.2. The molecule has 1 amide bonds. The number of hydrogen-bond donors (Lipinski definition) is 1. The van der Waals surface area contributed by atoms with Gasteiger partial charge >= 0.3 is 0 Å². The summed E-state index contributed by atoms with van der Waals surface area (Å²) >= 11 is 0. The Bertz CT molecular complexity index is 331. The van der Waals surface area contributed by atoms with Gasteiger partial charge in [-0.2, -0.15) is 0 Å². The third-order valence-electron chi connectivity index (χ3n) is 2.61. The van der Waals surface area contributed by atoms with E-state index in [4.69, 9.17) is 0 Å². The lowest BCUT2D eigenvalue weighted by Gasteiger charge is -2.19. The van der Waals surface area contributed by atoms with Crippen molar-refractivity contribution in [2.75, 3.05) is 13.1 Å². The molecule has 0 aromatic heterocycles. The molecule has 0 saturated carbocycles. The van der Waals surface area contributed by atoms with Gasteiger partial charge in [0.15, 0.2) is 6.10 Å². The number of nitrogens with zero attached hydrogens (tertiary/aromatic N) is 1. The van der Waals surface area contributed by atoms with Gasteiger partial charge in [0.2, 0.25) is 0 Å². The number of carbonyl (C=O) groups excluding carboxylic acids is 1. The summed E-state index contributed by atoms with van der Waals surface area (Å²) in [7, 11) is 0. The van der Waals surface area contributed by atoms with Crippen molar-refractivity contribution < 1.29 is 9.90 Å². The predicted molar refractivity (Wildman–Crippen MR) is 56.9 cm³/mol. The average molecular weight is 204 g/mol. The summed E-state index contributed by atoms with van der Waals surface area (Å²) < 4.78 is 0. The molecule has 1 heterocycles. The van der Waals surface area contributed by atoms with Crippen LogP contribution in [0.4, 0.5) is 0 Å². The van der Waals surface area contributed by atoms with Crippen LogP contribution in [0.1, 0.15) is 18.1 Å². The lowest BCUT2D eigenvalue weighted by atomic mass is 10.1. The molecule has 0 bridgehead atoms. The van der Waals surface area contributed by atoms with E-state index in [1.807, 2.05) is 18.2 Å². The molecule has 15 heavy (non-hydrogen) atoms. The van der Waals surface area contributed by atoms with Gasteiger partial charge in [0.05, 0.1) is 0 Å². The van der Waals surface area contributed by atoms with Gasteiger partial charge in [-0.15, -0.1) is 0 Å². The van der Waals surface area contributed by atoms with E-state index in [2.05, 4.69) is 6.42 Å². The molecule has 3 nitrogen and oxygen atoms in total. The summed E-state index contributed by atoms with van der Waals surface area (Å²) in [5, 5.41) is 9.84. The highest BCUT2D eigenvalue weighted by molar-refractivity contribution is 5.82. The van der Waals surface area contributed by atoms with Crippen LogP contribution in [0.15, 0.2) is 30.3 Å². The van der Waals surface area contributed by atoms with Crippen molar-refractivity contribution in [2.24, 2.45) is 0 Å². The number of aliphatic hydroxyl groups is 1. The zero-order valence-electron chi connectivity index (χ0n) is 8.47. The summed E-state index contributed by atoms with van der Waals surface area (Å²) in [5.74, 6) is -0.199. The van der Waals surface area contributed by atoms with E-state index in [1.54, 1.807) is 17.0 Å². The van der Waals surface area contributed by atoms with Crippen molar-refractivity contribution in [1.82, 2.24) is 4.90 Å². The molecule has 1 aromatic carbocycles. The van der Waals surface area contributed by atoms with Crippen LogP contribution in [0, 0.1) is 6.42 Å². The molecule has 3 heteroatoms. The highest BCUT2D eigenvalue weighted by atomic mass is 16.3. The van der Waals surface area contributed by atoms with E-state index < -0.39 is 6.10 Å². The monoisotopic (exact) mass is 204 g/mol. The normalized spacial score (nSPS) is 17.8. The minimum atomic E-state index is -1.02. The van der Waals surface area contributed by atoms with Gasteiger partial charge in [-0.1, -0.05) is 30.3 Å². The Labute approximate surface area is 89.3 Å². The number of likely N-dealkylation sites (tertiary alicyclic amines) is 1. The Balaban J connectivity index is 2.07. The number of amides is 1. The molecule has 1 saturated heterocycles. The van der Waals surface area contributed by atoms with Crippen LogP contribution in [0.5, 0.6) is 0 Å². The van der Waals surface area contributed by atoms with Gasteiger partial charge in [-0.05, 0) is 18.4 Å². The first-order chi connectivity index (χ1) is 7.29. The fourth-order valence-corrected chi connectivity index (χ4v) is 1.74. The van der Waals surface area contributed by atoms with E-state index in [0.29, 0.717) is 12.1 Å². The van der Waals surface area contributed by atoms with E-state index in [9.17, 15) is 9.90 Å². The van der Waals surface area contributed by atoms with Crippen molar-refractivity contribution in [1.29, 1.82) is 0 Å². The number of carbonyl (C=O) groups is 1. The van der Waals surface area contributed by atoms with Crippen molar-refractivity contribution in [3.63, 3.8) is 0 Å². The van der Waals surface area contributed by atoms with Crippen molar-refractivity contribution >= 4 is 5.91 Å². The van der Waals surface area contributed by atoms with Crippen LogP contribution < -0.4 is 0 Å². The quantitative estimate of drug-likeness (QED) is 0.785. The van der Waals surface area contributed by atoms with E-state index in [-0.39, 0.29) is 5.91 Å². The SMILES string of the molecule is O=C([C@H](O)c1ccccc1)N1C[CH]CC1. The molecule has 1 aliphatic rings. The number of rotatable bonds is 2. The molecular weight excluding hydrogens is 190 g/mol. The first-order valence-electron chi connectivity index (χ1n) is 5.12. The third-order valence-corrected chi connectivity index (χ3v) is 2.61. The first-order valence-corrected chi connectivity index (χ1v) is 5.12. The van der Waals surface area contributed by atoms with Gasteiger partial charge in [0, 0.05) is 13.1 Å². The van der Waals surface area contributed by atoms with Crippen LogP contribution >= 0.6 is 0 Å². The van der Waals surface area contributed by atoms with Crippen LogP contribution in [0.25, 0.3) is 0 Å². The van der Waals surface area contributed by atoms with E-state index in [1.165, 1.54) is 0 Å². The largest absolute Gasteiger partial charge is 0.378 e. The van der Waals surface area contributed by atoms with Crippen LogP contribution in [0.2, 0.25) is 0 Å². The van der Waals surface area contributed by atoms with E-state index in [0.717, 1.165) is 13.0 Å². The topological polar surface area (TPSA) is 40.5 Å². The predicted octanol–water partition coefficient (Wildman–Crippen LogP) is 1.16. The van der Waals surface area contributed by atoms with Crippen molar-refractivity contribution in [3.8, 4) is 0 Å². The Morgan fingerprint density at radius 2 is 2.07 bits per heavy atom. The van der Waals surface area contributed by atoms with E-state index >= 15 is 0 Å². The number of benzene rings is 1. The van der Waals surface area contributed by atoms with Gasteiger partial charge in [-0.3, -0.25) is 4.79 Å². The molecule has 1 radical (unpaired) electrons. The molecule has 1 fully saturated rings. The minimum Gasteiger partial charge on any atom is -0.378 e. The Kier molecular flexibility index (Phi) is 3.02. The number of hydrogen-bond acceptors (Lipinski definition) is 2. The summed E-state index contributed by atoms with van der Waals surface area (Å²) in [5.41, 5.74) is 0.661. The standard InChI is InChI=1S/C12H14NO2/c14-11(10-6-2-1-3-7-10)12(15)13-8-4-5-9-13/h1-4,6-7,11,14H,5,8-9H2/t11-/m1/s1. The molecule has 1 N–H and O–H groups in total. The summed E-state index contributed by atoms with van der Waals surface area (Å²) in [4.78, 5) is 13.5.